The monoisotopic (exact) mass is 420 g/mol. The van der Waals surface area contributed by atoms with Gasteiger partial charge in [0.25, 0.3) is 0 Å². The second-order valence-corrected chi connectivity index (χ2v) is 7.66. The summed E-state index contributed by atoms with van der Waals surface area (Å²) < 4.78 is 10.9. The highest BCUT2D eigenvalue weighted by Crippen LogP contribution is 2.24. The van der Waals surface area contributed by atoms with E-state index >= 15 is 0 Å². The normalized spacial score (nSPS) is 16.0. The summed E-state index contributed by atoms with van der Waals surface area (Å²) in [6.07, 6.45) is 0. The molecule has 1 N–H and O–H groups in total. The van der Waals surface area contributed by atoms with Crippen molar-refractivity contribution in [3.8, 4) is 5.75 Å². The fourth-order valence-electron chi connectivity index (χ4n) is 3.84. The quantitative estimate of drug-likeness (QED) is 0.603. The fraction of sp³-hybridized carbons (Fsp3) is 0.333. The molecular weight excluding hydrogens is 392 g/mol. The van der Waals surface area contributed by atoms with Crippen LogP contribution in [0, 0.1) is 6.92 Å². The summed E-state index contributed by atoms with van der Waals surface area (Å²) in [6, 6.07) is 21.1. The second-order valence-electron chi connectivity index (χ2n) is 7.66. The number of amides is 1. The largest absolute Gasteiger partial charge is 0.492 e. The van der Waals surface area contributed by atoms with Crippen LogP contribution in [0.3, 0.4) is 0 Å². The first-order valence-corrected chi connectivity index (χ1v) is 10.6. The number of nitrogens with zero attached hydrogens (tertiary/aromatic N) is 3. The van der Waals surface area contributed by atoms with Crippen LogP contribution in [0.5, 0.6) is 5.75 Å². The molecule has 0 saturated carbocycles. The Kier molecular flexibility index (Phi) is 6.96. The highest BCUT2D eigenvalue weighted by Gasteiger charge is 2.30. The van der Waals surface area contributed by atoms with E-state index < -0.39 is 0 Å². The van der Waals surface area contributed by atoms with Gasteiger partial charge in [0.15, 0.2) is 5.82 Å². The number of rotatable bonds is 8. The molecule has 1 fully saturated rings. The predicted octanol–water partition coefficient (Wildman–Crippen LogP) is 3.36. The van der Waals surface area contributed by atoms with Gasteiger partial charge in [-0.05, 0) is 24.6 Å². The minimum absolute atomic E-state index is 0.0969. The molecule has 7 nitrogen and oxygen atoms in total. The van der Waals surface area contributed by atoms with Gasteiger partial charge in [-0.15, -0.1) is 0 Å². The van der Waals surface area contributed by atoms with Crippen LogP contribution < -0.4 is 10.1 Å². The number of nitrogens with one attached hydrogen (secondary N) is 1. The van der Waals surface area contributed by atoms with E-state index in [4.69, 9.17) is 9.26 Å². The molecule has 1 unspecified atom stereocenters. The lowest BCUT2D eigenvalue weighted by Gasteiger charge is -2.38. The lowest BCUT2D eigenvalue weighted by Crippen LogP contribution is -2.50. The van der Waals surface area contributed by atoms with Crippen molar-refractivity contribution in [2.45, 2.75) is 13.0 Å². The number of para-hydroxylation sites is 1. The summed E-state index contributed by atoms with van der Waals surface area (Å²) >= 11 is 0. The van der Waals surface area contributed by atoms with E-state index in [0.29, 0.717) is 18.2 Å². The SMILES string of the molecule is Cc1cc(NC(=O)C(c2ccccc2)N2CCN(CCOc3ccccc3)CC2)no1. The molecule has 1 amide bonds. The summed E-state index contributed by atoms with van der Waals surface area (Å²) in [7, 11) is 0. The Morgan fingerprint density at radius 1 is 1.06 bits per heavy atom. The first-order chi connectivity index (χ1) is 15.2. The number of piperazine rings is 1. The molecule has 162 valence electrons. The number of aryl methyl sites for hydroxylation is 1. The molecule has 2 heterocycles. The molecular formula is C24H28N4O3. The highest BCUT2D eigenvalue weighted by atomic mass is 16.5. The minimum Gasteiger partial charge on any atom is -0.492 e. The van der Waals surface area contributed by atoms with Gasteiger partial charge in [-0.25, -0.2) is 0 Å². The van der Waals surface area contributed by atoms with Crippen LogP contribution in [0.2, 0.25) is 0 Å². The summed E-state index contributed by atoms with van der Waals surface area (Å²) in [6.45, 7) is 6.70. The Hall–Kier alpha value is -3.16. The third kappa shape index (κ3) is 5.71. The zero-order valence-electron chi connectivity index (χ0n) is 17.7. The maximum absolute atomic E-state index is 13.2. The summed E-state index contributed by atoms with van der Waals surface area (Å²) in [5, 5.41) is 6.80. The number of benzene rings is 2. The third-order valence-electron chi connectivity index (χ3n) is 5.43. The topological polar surface area (TPSA) is 70.8 Å². The standard InChI is InChI=1S/C24H28N4O3/c1-19-18-22(26-31-19)25-24(29)23(20-8-4-2-5-9-20)28-14-12-27(13-15-28)16-17-30-21-10-6-3-7-11-21/h2-11,18,23H,12-17H2,1H3,(H,25,26,29). The number of hydrogen-bond acceptors (Lipinski definition) is 6. The van der Waals surface area contributed by atoms with Crippen LogP contribution in [0.15, 0.2) is 71.3 Å². The lowest BCUT2D eigenvalue weighted by atomic mass is 10.0. The van der Waals surface area contributed by atoms with Crippen LogP contribution in [0.25, 0.3) is 0 Å². The van der Waals surface area contributed by atoms with Gasteiger partial charge in [0.2, 0.25) is 5.91 Å². The van der Waals surface area contributed by atoms with E-state index in [0.717, 1.165) is 44.0 Å². The highest BCUT2D eigenvalue weighted by molar-refractivity contribution is 5.94. The third-order valence-corrected chi connectivity index (χ3v) is 5.43. The average molecular weight is 421 g/mol. The Balaban J connectivity index is 1.35. The van der Waals surface area contributed by atoms with Crippen molar-refractivity contribution in [1.29, 1.82) is 0 Å². The molecule has 3 aromatic rings. The van der Waals surface area contributed by atoms with Gasteiger partial charge in [0, 0.05) is 38.8 Å². The molecule has 4 rings (SSSR count). The van der Waals surface area contributed by atoms with E-state index in [1.807, 2.05) is 60.7 Å². The molecule has 1 saturated heterocycles. The number of ether oxygens (including phenoxy) is 1. The van der Waals surface area contributed by atoms with Crippen LogP contribution >= 0.6 is 0 Å². The van der Waals surface area contributed by atoms with Crippen molar-refractivity contribution < 1.29 is 14.1 Å². The number of anilines is 1. The molecule has 0 aliphatic carbocycles. The van der Waals surface area contributed by atoms with Crippen molar-refractivity contribution in [2.75, 3.05) is 44.6 Å². The van der Waals surface area contributed by atoms with E-state index in [2.05, 4.69) is 20.3 Å². The Morgan fingerprint density at radius 3 is 2.39 bits per heavy atom. The predicted molar refractivity (Wildman–Crippen MR) is 119 cm³/mol. The summed E-state index contributed by atoms with van der Waals surface area (Å²) in [5.41, 5.74) is 0.973. The van der Waals surface area contributed by atoms with E-state index in [1.54, 1.807) is 13.0 Å². The van der Waals surface area contributed by atoms with Crippen LogP contribution in [-0.2, 0) is 4.79 Å². The molecule has 0 bridgehead atoms. The molecule has 1 atom stereocenters. The van der Waals surface area contributed by atoms with Crippen LogP contribution in [-0.4, -0.2) is 60.2 Å². The minimum atomic E-state index is -0.374. The maximum atomic E-state index is 13.2. The van der Waals surface area contributed by atoms with Crippen molar-refractivity contribution in [3.05, 3.63) is 78.1 Å². The zero-order chi connectivity index (χ0) is 21.5. The van der Waals surface area contributed by atoms with Gasteiger partial charge in [-0.2, -0.15) is 0 Å². The van der Waals surface area contributed by atoms with Gasteiger partial charge >= 0.3 is 0 Å². The number of carbonyl (C=O) groups excluding carboxylic acids is 1. The summed E-state index contributed by atoms with van der Waals surface area (Å²) in [5.74, 6) is 1.91. The fourth-order valence-corrected chi connectivity index (χ4v) is 3.84. The van der Waals surface area contributed by atoms with E-state index in [-0.39, 0.29) is 11.9 Å². The molecule has 2 aromatic carbocycles. The molecule has 1 aliphatic rings. The van der Waals surface area contributed by atoms with Gasteiger partial charge in [0.05, 0.1) is 0 Å². The van der Waals surface area contributed by atoms with E-state index in [1.165, 1.54) is 0 Å². The van der Waals surface area contributed by atoms with Gasteiger partial charge in [-0.1, -0.05) is 53.7 Å². The van der Waals surface area contributed by atoms with Crippen molar-refractivity contribution >= 4 is 11.7 Å². The van der Waals surface area contributed by atoms with Crippen molar-refractivity contribution in [1.82, 2.24) is 15.0 Å². The Bertz CT molecular complexity index is 953. The molecule has 7 heteroatoms. The molecule has 0 radical (unpaired) electrons. The number of carbonyl (C=O) groups is 1. The molecule has 1 aliphatic heterocycles. The first kappa shape index (κ1) is 21.1. The van der Waals surface area contributed by atoms with Crippen molar-refractivity contribution in [2.24, 2.45) is 0 Å². The van der Waals surface area contributed by atoms with Gasteiger partial charge < -0.3 is 14.6 Å². The average Bonchev–Trinajstić information content (AvgIpc) is 3.21. The number of aromatic nitrogens is 1. The lowest BCUT2D eigenvalue weighted by molar-refractivity contribution is -0.122. The first-order valence-electron chi connectivity index (χ1n) is 10.6. The smallest absolute Gasteiger partial charge is 0.247 e. The van der Waals surface area contributed by atoms with Gasteiger partial charge in [0.1, 0.15) is 24.2 Å². The van der Waals surface area contributed by atoms with Gasteiger partial charge in [-0.3, -0.25) is 14.6 Å². The second kappa shape index (κ2) is 10.2. The van der Waals surface area contributed by atoms with Crippen LogP contribution in [0.1, 0.15) is 17.4 Å². The van der Waals surface area contributed by atoms with Crippen molar-refractivity contribution in [3.63, 3.8) is 0 Å². The maximum Gasteiger partial charge on any atom is 0.247 e. The molecule has 1 aromatic heterocycles. The van der Waals surface area contributed by atoms with E-state index in [9.17, 15) is 4.79 Å². The molecule has 0 spiro atoms. The van der Waals surface area contributed by atoms with Crippen LogP contribution in [0.4, 0.5) is 5.82 Å². The molecule has 31 heavy (non-hydrogen) atoms. The Morgan fingerprint density at radius 2 is 1.74 bits per heavy atom. The Labute approximate surface area is 182 Å². The summed E-state index contributed by atoms with van der Waals surface area (Å²) in [4.78, 5) is 17.8. The number of hydrogen-bond donors (Lipinski definition) is 1. The zero-order valence-corrected chi connectivity index (χ0v) is 17.7.